The average molecular weight is 389 g/mol. The predicted molar refractivity (Wildman–Crippen MR) is 105 cm³/mol. The number of halogens is 1. The van der Waals surface area contributed by atoms with E-state index in [4.69, 9.17) is 11.6 Å². The smallest absolute Gasteiger partial charge is 0.293 e. The maximum atomic E-state index is 12.7. The molecule has 1 saturated heterocycles. The third-order valence-corrected chi connectivity index (χ3v) is 4.89. The quantitative estimate of drug-likeness (QED) is 0.606. The molecule has 0 aliphatic carbocycles. The van der Waals surface area contributed by atoms with Crippen LogP contribution in [0, 0.1) is 10.1 Å². The molecule has 0 bridgehead atoms. The molecule has 0 saturated carbocycles. The normalized spacial score (nSPS) is 16.8. The Hall–Kier alpha value is -2.64. The molecule has 1 aliphatic heterocycles. The number of hydrogen-bond acceptors (Lipinski definition) is 5. The second-order valence-corrected chi connectivity index (χ2v) is 6.95. The summed E-state index contributed by atoms with van der Waals surface area (Å²) in [7, 11) is 0. The van der Waals surface area contributed by atoms with E-state index in [-0.39, 0.29) is 17.6 Å². The zero-order chi connectivity index (χ0) is 19.4. The number of benzene rings is 2. The van der Waals surface area contributed by atoms with Crippen LogP contribution < -0.4 is 10.6 Å². The topological polar surface area (TPSA) is 87.5 Å². The van der Waals surface area contributed by atoms with Crippen LogP contribution in [0.2, 0.25) is 5.02 Å². The number of anilines is 1. The number of nitrogens with zero attached hydrogens (tertiary/aromatic N) is 2. The van der Waals surface area contributed by atoms with E-state index in [2.05, 4.69) is 10.6 Å². The van der Waals surface area contributed by atoms with Gasteiger partial charge in [-0.2, -0.15) is 0 Å². The second kappa shape index (κ2) is 8.37. The molecule has 2 N–H and O–H groups in total. The first-order valence-electron chi connectivity index (χ1n) is 8.74. The summed E-state index contributed by atoms with van der Waals surface area (Å²) in [5, 5.41) is 18.4. The molecule has 7 nitrogen and oxygen atoms in total. The van der Waals surface area contributed by atoms with Gasteiger partial charge in [-0.15, -0.1) is 0 Å². The molecule has 1 atom stereocenters. The van der Waals surface area contributed by atoms with Crippen molar-refractivity contribution in [3.8, 4) is 0 Å². The van der Waals surface area contributed by atoms with Gasteiger partial charge in [0.05, 0.1) is 4.92 Å². The van der Waals surface area contributed by atoms with Gasteiger partial charge in [0.15, 0.2) is 0 Å². The van der Waals surface area contributed by atoms with Crippen LogP contribution >= 0.6 is 11.6 Å². The van der Waals surface area contributed by atoms with Crippen molar-refractivity contribution in [2.24, 2.45) is 0 Å². The summed E-state index contributed by atoms with van der Waals surface area (Å²) in [5.41, 5.74) is 1.38. The fourth-order valence-electron chi connectivity index (χ4n) is 3.10. The molecule has 1 amide bonds. The highest BCUT2D eigenvalue weighted by atomic mass is 35.5. The van der Waals surface area contributed by atoms with E-state index in [0.29, 0.717) is 42.5 Å². The third kappa shape index (κ3) is 4.56. The molecule has 1 fully saturated rings. The fraction of sp³-hybridized carbons (Fsp3) is 0.316. The van der Waals surface area contributed by atoms with Gasteiger partial charge in [0.2, 0.25) is 0 Å². The van der Waals surface area contributed by atoms with E-state index in [0.717, 1.165) is 5.56 Å². The van der Waals surface area contributed by atoms with E-state index in [1.165, 1.54) is 6.07 Å². The fourth-order valence-corrected chi connectivity index (χ4v) is 3.30. The number of amides is 1. The second-order valence-electron chi connectivity index (χ2n) is 6.54. The van der Waals surface area contributed by atoms with Crippen LogP contribution in [-0.2, 0) is 6.54 Å². The number of rotatable bonds is 5. The summed E-state index contributed by atoms with van der Waals surface area (Å²) in [4.78, 5) is 25.4. The molecule has 142 valence electrons. The largest absolute Gasteiger partial charge is 0.375 e. The van der Waals surface area contributed by atoms with Crippen molar-refractivity contribution in [3.63, 3.8) is 0 Å². The first-order chi connectivity index (χ1) is 13.0. The SMILES string of the molecule is CC1CN(C(=O)c2ccc(NCc3ccccc3Cl)c([N+](=O)[O-])c2)CCN1. The highest BCUT2D eigenvalue weighted by Gasteiger charge is 2.24. The Kier molecular flexibility index (Phi) is 5.93. The van der Waals surface area contributed by atoms with E-state index >= 15 is 0 Å². The summed E-state index contributed by atoms with van der Waals surface area (Å²) in [5.74, 6) is -0.191. The van der Waals surface area contributed by atoms with Crippen LogP contribution in [0.4, 0.5) is 11.4 Å². The van der Waals surface area contributed by atoms with Crippen molar-refractivity contribution in [2.45, 2.75) is 19.5 Å². The van der Waals surface area contributed by atoms with Gasteiger partial charge in [0, 0.05) is 48.9 Å². The molecule has 8 heteroatoms. The van der Waals surface area contributed by atoms with Crippen molar-refractivity contribution in [1.29, 1.82) is 0 Å². The van der Waals surface area contributed by atoms with Crippen molar-refractivity contribution < 1.29 is 9.72 Å². The third-order valence-electron chi connectivity index (χ3n) is 4.52. The Balaban J connectivity index is 1.79. The van der Waals surface area contributed by atoms with Gasteiger partial charge in [-0.05, 0) is 30.7 Å². The number of carbonyl (C=O) groups excluding carboxylic acids is 1. The summed E-state index contributed by atoms with van der Waals surface area (Å²) in [6.07, 6.45) is 0. The van der Waals surface area contributed by atoms with Crippen LogP contribution in [0.25, 0.3) is 0 Å². The van der Waals surface area contributed by atoms with Crippen molar-refractivity contribution in [2.75, 3.05) is 25.0 Å². The summed E-state index contributed by atoms with van der Waals surface area (Å²) in [6, 6.07) is 12.0. The van der Waals surface area contributed by atoms with E-state index < -0.39 is 4.92 Å². The molecule has 2 aromatic carbocycles. The molecule has 3 rings (SSSR count). The summed E-state index contributed by atoms with van der Waals surface area (Å²) >= 11 is 6.13. The number of nitro benzene ring substituents is 1. The van der Waals surface area contributed by atoms with E-state index in [1.54, 1.807) is 23.1 Å². The van der Waals surface area contributed by atoms with Crippen molar-refractivity contribution >= 4 is 28.9 Å². The van der Waals surface area contributed by atoms with Gasteiger partial charge in [0.25, 0.3) is 11.6 Å². The molecular formula is C19H21ClN4O3. The van der Waals surface area contributed by atoms with Crippen LogP contribution in [0.3, 0.4) is 0 Å². The van der Waals surface area contributed by atoms with E-state index in [9.17, 15) is 14.9 Å². The Morgan fingerprint density at radius 2 is 2.15 bits per heavy atom. The van der Waals surface area contributed by atoms with Crippen LogP contribution in [-0.4, -0.2) is 41.4 Å². The number of carbonyl (C=O) groups is 1. The monoisotopic (exact) mass is 388 g/mol. The molecule has 2 aromatic rings. The van der Waals surface area contributed by atoms with Gasteiger partial charge in [0.1, 0.15) is 5.69 Å². The van der Waals surface area contributed by atoms with Crippen LogP contribution in [0.5, 0.6) is 0 Å². The first-order valence-corrected chi connectivity index (χ1v) is 9.12. The lowest BCUT2D eigenvalue weighted by Gasteiger charge is -2.32. The lowest BCUT2D eigenvalue weighted by Crippen LogP contribution is -2.51. The maximum absolute atomic E-state index is 12.7. The Labute approximate surface area is 162 Å². The minimum Gasteiger partial charge on any atom is -0.375 e. The zero-order valence-electron chi connectivity index (χ0n) is 14.9. The minimum atomic E-state index is -0.480. The summed E-state index contributed by atoms with van der Waals surface area (Å²) in [6.45, 7) is 4.24. The van der Waals surface area contributed by atoms with E-state index in [1.807, 2.05) is 25.1 Å². The lowest BCUT2D eigenvalue weighted by atomic mass is 10.1. The number of nitrogens with one attached hydrogen (secondary N) is 2. The molecule has 0 spiro atoms. The molecule has 27 heavy (non-hydrogen) atoms. The highest BCUT2D eigenvalue weighted by Crippen LogP contribution is 2.27. The Bertz CT molecular complexity index is 859. The van der Waals surface area contributed by atoms with Crippen molar-refractivity contribution in [1.82, 2.24) is 10.2 Å². The Morgan fingerprint density at radius 3 is 2.85 bits per heavy atom. The first kappa shape index (κ1) is 19.1. The summed E-state index contributed by atoms with van der Waals surface area (Å²) < 4.78 is 0. The molecule has 1 aliphatic rings. The predicted octanol–water partition coefficient (Wildman–Crippen LogP) is 3.29. The van der Waals surface area contributed by atoms with Gasteiger partial charge < -0.3 is 15.5 Å². The van der Waals surface area contributed by atoms with Gasteiger partial charge in [-0.25, -0.2) is 0 Å². The molecule has 0 radical (unpaired) electrons. The Morgan fingerprint density at radius 1 is 1.37 bits per heavy atom. The molecule has 0 aromatic heterocycles. The highest BCUT2D eigenvalue weighted by molar-refractivity contribution is 6.31. The van der Waals surface area contributed by atoms with Gasteiger partial charge in [-0.3, -0.25) is 14.9 Å². The minimum absolute atomic E-state index is 0.129. The van der Waals surface area contributed by atoms with Crippen LogP contribution in [0.15, 0.2) is 42.5 Å². The van der Waals surface area contributed by atoms with Gasteiger partial charge in [-0.1, -0.05) is 29.8 Å². The van der Waals surface area contributed by atoms with Gasteiger partial charge >= 0.3 is 0 Å². The van der Waals surface area contributed by atoms with Crippen LogP contribution in [0.1, 0.15) is 22.8 Å². The van der Waals surface area contributed by atoms with Crippen molar-refractivity contribution in [3.05, 3.63) is 68.7 Å². The number of piperazine rings is 1. The zero-order valence-corrected chi connectivity index (χ0v) is 15.7. The average Bonchev–Trinajstić information content (AvgIpc) is 2.66. The molecular weight excluding hydrogens is 368 g/mol. The standard InChI is InChI=1S/C19H21ClN4O3/c1-13-12-23(9-8-21-13)19(25)14-6-7-17(18(10-14)24(26)27)22-11-15-4-2-3-5-16(15)20/h2-7,10,13,21-22H,8-9,11-12H2,1H3. The molecule has 1 unspecified atom stereocenters. The molecule has 1 heterocycles. The maximum Gasteiger partial charge on any atom is 0.293 e. The number of nitro groups is 1. The lowest BCUT2D eigenvalue weighted by molar-refractivity contribution is -0.384. The number of hydrogen-bond donors (Lipinski definition) is 2.